The zero-order valence-corrected chi connectivity index (χ0v) is 18.9. The highest BCUT2D eigenvalue weighted by Gasteiger charge is 2.28. The van der Waals surface area contributed by atoms with Gasteiger partial charge in [-0.25, -0.2) is 8.42 Å². The molecule has 1 saturated heterocycles. The van der Waals surface area contributed by atoms with Crippen molar-refractivity contribution in [2.75, 3.05) is 38.7 Å². The largest absolute Gasteiger partial charge is 0.495 e. The number of methoxy groups -OCH3 is 1. The Hall–Kier alpha value is -2.33. The van der Waals surface area contributed by atoms with Crippen LogP contribution in [0.2, 0.25) is 5.02 Å². The Balaban J connectivity index is 1.82. The van der Waals surface area contributed by atoms with E-state index in [4.69, 9.17) is 25.8 Å². The molecule has 1 fully saturated rings. The minimum absolute atomic E-state index is 0.0642. The Labute approximate surface area is 187 Å². The number of anilines is 1. The smallest absolute Gasteiger partial charge is 0.265 e. The van der Waals surface area contributed by atoms with Crippen LogP contribution in [-0.4, -0.2) is 58.1 Å². The van der Waals surface area contributed by atoms with Crippen LogP contribution >= 0.6 is 11.6 Å². The van der Waals surface area contributed by atoms with E-state index in [2.05, 4.69) is 5.32 Å². The predicted molar refractivity (Wildman–Crippen MR) is 117 cm³/mol. The third kappa shape index (κ3) is 5.68. The van der Waals surface area contributed by atoms with Crippen molar-refractivity contribution in [3.63, 3.8) is 0 Å². The fraction of sp³-hybridized carbons (Fsp3) is 0.381. The molecule has 0 unspecified atom stereocenters. The molecule has 1 atom stereocenters. The van der Waals surface area contributed by atoms with Crippen LogP contribution in [0.15, 0.2) is 47.4 Å². The molecule has 1 amide bonds. The second-order valence-corrected chi connectivity index (χ2v) is 9.21. The molecule has 0 bridgehead atoms. The zero-order valence-electron chi connectivity index (χ0n) is 17.3. The normalized spacial score (nSPS) is 15.8. The monoisotopic (exact) mass is 468 g/mol. The fourth-order valence-corrected chi connectivity index (χ4v) is 4.74. The van der Waals surface area contributed by atoms with Gasteiger partial charge >= 0.3 is 0 Å². The van der Waals surface area contributed by atoms with Crippen molar-refractivity contribution >= 4 is 33.2 Å². The topological polar surface area (TPSA) is 94.2 Å². The number of carbonyl (C=O) groups excluding carboxylic acids is 1. The lowest BCUT2D eigenvalue weighted by Gasteiger charge is -2.26. The fourth-order valence-electron chi connectivity index (χ4n) is 3.12. The molecule has 2 aromatic carbocycles. The minimum atomic E-state index is -3.72. The van der Waals surface area contributed by atoms with Crippen molar-refractivity contribution in [3.05, 3.63) is 47.5 Å². The molecule has 0 spiro atoms. The van der Waals surface area contributed by atoms with Crippen LogP contribution in [-0.2, 0) is 19.6 Å². The summed E-state index contributed by atoms with van der Waals surface area (Å²) in [7, 11) is -2.28. The van der Waals surface area contributed by atoms with E-state index in [0.29, 0.717) is 36.2 Å². The molecule has 1 aliphatic heterocycles. The van der Waals surface area contributed by atoms with Gasteiger partial charge in [0.2, 0.25) is 10.0 Å². The summed E-state index contributed by atoms with van der Waals surface area (Å²) in [5.74, 6) is 0.374. The molecule has 168 valence electrons. The molecular weight excluding hydrogens is 444 g/mol. The van der Waals surface area contributed by atoms with Gasteiger partial charge in [-0.15, -0.1) is 0 Å². The molecular formula is C21H25ClN2O6S. The second-order valence-electron chi connectivity index (χ2n) is 6.84. The number of amides is 1. The maximum Gasteiger partial charge on any atom is 0.265 e. The standard InChI is InChI=1S/C21H25ClN2O6S/c1-3-19(30-16-6-4-5-15(22)13-16)21(25)23-18-14-17(7-8-20(18)28-2)31(26,27)24-9-11-29-12-10-24/h4-8,13-14,19H,3,9-12H2,1-2H3,(H,23,25)/t19-/m0/s1. The number of ether oxygens (including phenoxy) is 3. The van der Waals surface area contributed by atoms with Crippen molar-refractivity contribution in [1.29, 1.82) is 0 Å². The van der Waals surface area contributed by atoms with Crippen LogP contribution in [0.25, 0.3) is 0 Å². The highest BCUT2D eigenvalue weighted by molar-refractivity contribution is 7.89. The van der Waals surface area contributed by atoms with Gasteiger partial charge < -0.3 is 19.5 Å². The van der Waals surface area contributed by atoms with E-state index in [-0.39, 0.29) is 23.7 Å². The number of benzene rings is 2. The van der Waals surface area contributed by atoms with E-state index in [1.807, 2.05) is 6.92 Å². The van der Waals surface area contributed by atoms with Gasteiger partial charge in [0.25, 0.3) is 5.91 Å². The average Bonchev–Trinajstić information content (AvgIpc) is 2.78. The summed E-state index contributed by atoms with van der Waals surface area (Å²) in [6, 6.07) is 11.1. The van der Waals surface area contributed by atoms with E-state index in [1.165, 1.54) is 29.6 Å². The number of hydrogen-bond donors (Lipinski definition) is 1. The zero-order chi connectivity index (χ0) is 22.4. The number of sulfonamides is 1. The summed E-state index contributed by atoms with van der Waals surface area (Å²) >= 11 is 5.98. The predicted octanol–water partition coefficient (Wildman–Crippen LogP) is 3.17. The quantitative estimate of drug-likeness (QED) is 0.639. The van der Waals surface area contributed by atoms with E-state index >= 15 is 0 Å². The van der Waals surface area contributed by atoms with Crippen molar-refractivity contribution in [1.82, 2.24) is 4.31 Å². The highest BCUT2D eigenvalue weighted by atomic mass is 35.5. The maximum atomic E-state index is 13.0. The van der Waals surface area contributed by atoms with E-state index in [1.54, 1.807) is 24.3 Å². The van der Waals surface area contributed by atoms with Gasteiger partial charge in [0, 0.05) is 18.1 Å². The lowest BCUT2D eigenvalue weighted by Crippen LogP contribution is -2.40. The summed E-state index contributed by atoms with van der Waals surface area (Å²) < 4.78 is 43.6. The average molecular weight is 469 g/mol. The van der Waals surface area contributed by atoms with Crippen LogP contribution in [0.5, 0.6) is 11.5 Å². The first kappa shape index (κ1) is 23.3. The van der Waals surface area contributed by atoms with E-state index in [0.717, 1.165) is 0 Å². The van der Waals surface area contributed by atoms with Gasteiger partial charge in [-0.1, -0.05) is 24.6 Å². The molecule has 8 nitrogen and oxygen atoms in total. The van der Waals surface area contributed by atoms with Crippen LogP contribution in [0, 0.1) is 0 Å². The third-order valence-electron chi connectivity index (χ3n) is 4.77. The molecule has 3 rings (SSSR count). The molecule has 31 heavy (non-hydrogen) atoms. The third-order valence-corrected chi connectivity index (χ3v) is 6.90. The van der Waals surface area contributed by atoms with Gasteiger partial charge in [0.1, 0.15) is 11.5 Å². The van der Waals surface area contributed by atoms with E-state index < -0.39 is 22.0 Å². The summed E-state index contributed by atoms with van der Waals surface area (Å²) in [5, 5.41) is 3.23. The van der Waals surface area contributed by atoms with Gasteiger partial charge in [-0.3, -0.25) is 4.79 Å². The maximum absolute atomic E-state index is 13.0. The van der Waals surface area contributed by atoms with Gasteiger partial charge in [0.05, 0.1) is 30.9 Å². The number of carbonyl (C=O) groups is 1. The Morgan fingerprint density at radius 1 is 1.23 bits per heavy atom. The van der Waals surface area contributed by atoms with Gasteiger partial charge in [-0.2, -0.15) is 4.31 Å². The number of nitrogens with one attached hydrogen (secondary N) is 1. The van der Waals surface area contributed by atoms with Gasteiger partial charge in [-0.05, 0) is 42.8 Å². The summed E-state index contributed by atoms with van der Waals surface area (Å²) in [5.41, 5.74) is 0.245. The first-order chi connectivity index (χ1) is 14.8. The van der Waals surface area contributed by atoms with Crippen molar-refractivity contribution in [2.24, 2.45) is 0 Å². The lowest BCUT2D eigenvalue weighted by molar-refractivity contribution is -0.122. The van der Waals surface area contributed by atoms with Crippen LogP contribution in [0.4, 0.5) is 5.69 Å². The van der Waals surface area contributed by atoms with Crippen LogP contribution in [0.1, 0.15) is 13.3 Å². The van der Waals surface area contributed by atoms with Crippen LogP contribution < -0.4 is 14.8 Å². The molecule has 0 radical (unpaired) electrons. The molecule has 1 aliphatic rings. The number of rotatable bonds is 8. The SMILES string of the molecule is CC[C@H](Oc1cccc(Cl)c1)C(=O)Nc1cc(S(=O)(=O)N2CCOCC2)ccc1OC. The first-order valence-corrected chi connectivity index (χ1v) is 11.7. The highest BCUT2D eigenvalue weighted by Crippen LogP contribution is 2.30. The molecule has 2 aromatic rings. The first-order valence-electron chi connectivity index (χ1n) is 9.84. The molecule has 0 aliphatic carbocycles. The molecule has 10 heteroatoms. The lowest BCUT2D eigenvalue weighted by atomic mass is 10.2. The minimum Gasteiger partial charge on any atom is -0.495 e. The number of morpholine rings is 1. The molecule has 1 N–H and O–H groups in total. The molecule has 0 saturated carbocycles. The Morgan fingerprint density at radius 2 is 1.97 bits per heavy atom. The van der Waals surface area contributed by atoms with Gasteiger partial charge in [0.15, 0.2) is 6.10 Å². The summed E-state index contributed by atoms with van der Waals surface area (Å²) in [6.45, 7) is 3.06. The summed E-state index contributed by atoms with van der Waals surface area (Å²) in [6.07, 6.45) is -0.408. The summed E-state index contributed by atoms with van der Waals surface area (Å²) in [4.78, 5) is 12.9. The Bertz CT molecular complexity index is 1020. The number of nitrogens with zero attached hydrogens (tertiary/aromatic N) is 1. The van der Waals surface area contributed by atoms with E-state index in [9.17, 15) is 13.2 Å². The Morgan fingerprint density at radius 3 is 2.61 bits per heavy atom. The number of hydrogen-bond acceptors (Lipinski definition) is 6. The Kier molecular flexibility index (Phi) is 7.77. The molecule has 0 aromatic heterocycles. The van der Waals surface area contributed by atoms with Crippen molar-refractivity contribution < 1.29 is 27.4 Å². The van der Waals surface area contributed by atoms with Crippen LogP contribution in [0.3, 0.4) is 0 Å². The molecule has 1 heterocycles. The number of halogens is 1. The second kappa shape index (κ2) is 10.3. The van der Waals surface area contributed by atoms with Crippen molar-refractivity contribution in [2.45, 2.75) is 24.3 Å². The van der Waals surface area contributed by atoms with Crippen molar-refractivity contribution in [3.8, 4) is 11.5 Å².